The van der Waals surface area contributed by atoms with Gasteiger partial charge in [0.25, 0.3) is 5.91 Å². The third-order valence-corrected chi connectivity index (χ3v) is 4.77. The molecule has 0 aromatic heterocycles. The summed E-state index contributed by atoms with van der Waals surface area (Å²) in [4.78, 5) is 25.2. The lowest BCUT2D eigenvalue weighted by atomic mass is 9.73. The fraction of sp³-hybridized carbons (Fsp3) is 0.467. The van der Waals surface area contributed by atoms with Crippen LogP contribution in [-0.4, -0.2) is 28.9 Å². The molecule has 100 valence electrons. The Hall–Kier alpha value is -1.84. The van der Waals surface area contributed by atoms with Crippen molar-refractivity contribution in [3.05, 3.63) is 35.4 Å². The molecule has 4 heteroatoms. The lowest BCUT2D eigenvalue weighted by molar-refractivity contribution is -0.143. The van der Waals surface area contributed by atoms with E-state index in [1.54, 1.807) is 0 Å². The summed E-state index contributed by atoms with van der Waals surface area (Å²) in [6.07, 6.45) is 2.76. The Kier molecular flexibility index (Phi) is 2.62. The molecule has 1 aliphatic carbocycles. The standard InChI is InChI=1S/C15H17NO3/c1-16-13(17)11-4-2-3-5-12(11)15(16)8-6-10(7-9-15)14(18)19/h2-5,10H,6-9H2,1H3,(H,18,19)/t10-,15-. The number of carboxylic acids is 1. The molecular formula is C15H17NO3. The molecule has 1 fully saturated rings. The van der Waals surface area contributed by atoms with Crippen LogP contribution >= 0.6 is 0 Å². The number of amides is 1. The van der Waals surface area contributed by atoms with Gasteiger partial charge in [0.15, 0.2) is 0 Å². The highest BCUT2D eigenvalue weighted by atomic mass is 16.4. The molecular weight excluding hydrogens is 242 g/mol. The van der Waals surface area contributed by atoms with Gasteiger partial charge in [-0.25, -0.2) is 0 Å². The number of hydrogen-bond acceptors (Lipinski definition) is 2. The second-order valence-electron chi connectivity index (χ2n) is 5.55. The summed E-state index contributed by atoms with van der Waals surface area (Å²) in [5.74, 6) is -0.915. The molecule has 0 unspecified atom stereocenters. The maximum absolute atomic E-state index is 12.3. The summed E-state index contributed by atoms with van der Waals surface area (Å²) in [5.41, 5.74) is 1.57. The molecule has 1 aromatic carbocycles. The summed E-state index contributed by atoms with van der Waals surface area (Å²) in [6, 6.07) is 7.72. The van der Waals surface area contributed by atoms with Crippen molar-refractivity contribution in [1.82, 2.24) is 4.90 Å². The quantitative estimate of drug-likeness (QED) is 0.841. The molecule has 19 heavy (non-hydrogen) atoms. The van der Waals surface area contributed by atoms with Crippen LogP contribution in [0.4, 0.5) is 0 Å². The number of carboxylic acid groups (broad SMARTS) is 1. The highest BCUT2D eigenvalue weighted by Gasteiger charge is 2.49. The monoisotopic (exact) mass is 259 g/mol. The topological polar surface area (TPSA) is 57.6 Å². The molecule has 4 nitrogen and oxygen atoms in total. The summed E-state index contributed by atoms with van der Waals surface area (Å²) >= 11 is 0. The van der Waals surface area contributed by atoms with Gasteiger partial charge in [0.05, 0.1) is 11.5 Å². The minimum absolute atomic E-state index is 0.0596. The average molecular weight is 259 g/mol. The van der Waals surface area contributed by atoms with Crippen molar-refractivity contribution in [2.75, 3.05) is 7.05 Å². The van der Waals surface area contributed by atoms with E-state index in [-0.39, 0.29) is 17.4 Å². The van der Waals surface area contributed by atoms with Crippen LogP contribution in [0, 0.1) is 5.92 Å². The van der Waals surface area contributed by atoms with Crippen molar-refractivity contribution < 1.29 is 14.7 Å². The number of carbonyl (C=O) groups excluding carboxylic acids is 1. The number of carbonyl (C=O) groups is 2. The third kappa shape index (κ3) is 1.59. The highest BCUT2D eigenvalue weighted by molar-refractivity contribution is 5.99. The third-order valence-electron chi connectivity index (χ3n) is 4.77. The van der Waals surface area contributed by atoms with Crippen LogP contribution in [0.3, 0.4) is 0 Å². The first-order chi connectivity index (χ1) is 9.06. The Morgan fingerprint density at radius 3 is 2.58 bits per heavy atom. The number of rotatable bonds is 1. The van der Waals surface area contributed by atoms with Gasteiger partial charge in [-0.15, -0.1) is 0 Å². The van der Waals surface area contributed by atoms with E-state index < -0.39 is 5.97 Å². The van der Waals surface area contributed by atoms with Gasteiger partial charge in [0, 0.05) is 12.6 Å². The van der Waals surface area contributed by atoms with Crippen LogP contribution in [0.25, 0.3) is 0 Å². The van der Waals surface area contributed by atoms with Gasteiger partial charge in [0.1, 0.15) is 0 Å². The molecule has 0 saturated heterocycles. The first-order valence-electron chi connectivity index (χ1n) is 6.67. The normalized spacial score (nSPS) is 29.6. The molecule has 1 spiro atoms. The molecule has 2 aliphatic rings. The largest absolute Gasteiger partial charge is 0.481 e. The van der Waals surface area contributed by atoms with Crippen molar-refractivity contribution in [2.24, 2.45) is 5.92 Å². The predicted octanol–water partition coefficient (Wildman–Crippen LogP) is 2.24. The highest BCUT2D eigenvalue weighted by Crippen LogP contribution is 2.48. The van der Waals surface area contributed by atoms with E-state index in [9.17, 15) is 9.59 Å². The van der Waals surface area contributed by atoms with Crippen LogP contribution in [0.15, 0.2) is 24.3 Å². The van der Waals surface area contributed by atoms with Gasteiger partial charge in [0.2, 0.25) is 0 Å². The lowest BCUT2D eigenvalue weighted by Gasteiger charge is -2.41. The summed E-state index contributed by atoms with van der Waals surface area (Å²) < 4.78 is 0. The van der Waals surface area contributed by atoms with Gasteiger partial charge >= 0.3 is 5.97 Å². The Bertz CT molecular complexity index is 544. The number of benzene rings is 1. The van der Waals surface area contributed by atoms with E-state index in [0.717, 1.165) is 24.0 Å². The van der Waals surface area contributed by atoms with E-state index in [2.05, 4.69) is 0 Å². The van der Waals surface area contributed by atoms with E-state index in [0.29, 0.717) is 12.8 Å². The molecule has 3 rings (SSSR count). The van der Waals surface area contributed by atoms with E-state index in [1.165, 1.54) is 0 Å². The minimum Gasteiger partial charge on any atom is -0.481 e. The van der Waals surface area contributed by atoms with Crippen LogP contribution in [0.2, 0.25) is 0 Å². The van der Waals surface area contributed by atoms with Crippen molar-refractivity contribution >= 4 is 11.9 Å². The zero-order chi connectivity index (χ0) is 13.6. The molecule has 0 atom stereocenters. The average Bonchev–Trinajstić information content (AvgIpc) is 2.63. The second kappa shape index (κ2) is 4.08. The van der Waals surface area contributed by atoms with E-state index >= 15 is 0 Å². The number of aliphatic carboxylic acids is 1. The number of hydrogen-bond donors (Lipinski definition) is 1. The van der Waals surface area contributed by atoms with Crippen LogP contribution in [-0.2, 0) is 10.3 Å². The van der Waals surface area contributed by atoms with Crippen molar-refractivity contribution in [3.8, 4) is 0 Å². The molecule has 1 N–H and O–H groups in total. The van der Waals surface area contributed by atoms with Gasteiger partial charge in [-0.1, -0.05) is 18.2 Å². The van der Waals surface area contributed by atoms with Crippen molar-refractivity contribution in [2.45, 2.75) is 31.2 Å². The van der Waals surface area contributed by atoms with Crippen molar-refractivity contribution in [3.63, 3.8) is 0 Å². The van der Waals surface area contributed by atoms with Crippen LogP contribution < -0.4 is 0 Å². The first-order valence-corrected chi connectivity index (χ1v) is 6.67. The van der Waals surface area contributed by atoms with Gasteiger partial charge in [-0.3, -0.25) is 9.59 Å². The molecule has 1 saturated carbocycles. The molecule has 1 heterocycles. The smallest absolute Gasteiger partial charge is 0.306 e. The SMILES string of the molecule is CN1C(=O)c2ccccc2[C@]12CC[C@@H](C(=O)O)CC2. The van der Waals surface area contributed by atoms with Gasteiger partial charge < -0.3 is 10.0 Å². The molecule has 0 radical (unpaired) electrons. The summed E-state index contributed by atoms with van der Waals surface area (Å²) in [6.45, 7) is 0. The minimum atomic E-state index is -0.713. The molecule has 0 bridgehead atoms. The maximum Gasteiger partial charge on any atom is 0.306 e. The molecule has 1 aliphatic heterocycles. The van der Waals surface area contributed by atoms with E-state index in [4.69, 9.17) is 5.11 Å². The van der Waals surface area contributed by atoms with Gasteiger partial charge in [-0.05, 0) is 37.3 Å². The number of nitrogens with zero attached hydrogens (tertiary/aromatic N) is 1. The Morgan fingerprint density at radius 2 is 1.95 bits per heavy atom. The van der Waals surface area contributed by atoms with Crippen LogP contribution in [0.5, 0.6) is 0 Å². The van der Waals surface area contributed by atoms with Crippen LogP contribution in [0.1, 0.15) is 41.6 Å². The van der Waals surface area contributed by atoms with Gasteiger partial charge in [-0.2, -0.15) is 0 Å². The fourth-order valence-electron chi connectivity index (χ4n) is 3.58. The summed E-state index contributed by atoms with van der Waals surface area (Å²) in [5, 5.41) is 9.10. The number of fused-ring (bicyclic) bond motifs is 2. The Morgan fingerprint density at radius 1 is 1.32 bits per heavy atom. The first kappa shape index (κ1) is 12.2. The predicted molar refractivity (Wildman–Crippen MR) is 69.8 cm³/mol. The maximum atomic E-state index is 12.3. The lowest BCUT2D eigenvalue weighted by Crippen LogP contribution is -2.44. The second-order valence-corrected chi connectivity index (χ2v) is 5.55. The summed E-state index contributed by atoms with van der Waals surface area (Å²) in [7, 11) is 1.84. The molecule has 1 amide bonds. The zero-order valence-corrected chi connectivity index (χ0v) is 10.9. The molecule has 1 aromatic rings. The van der Waals surface area contributed by atoms with Crippen molar-refractivity contribution in [1.29, 1.82) is 0 Å². The Labute approximate surface area is 112 Å². The zero-order valence-electron chi connectivity index (χ0n) is 10.9. The van der Waals surface area contributed by atoms with E-state index in [1.807, 2.05) is 36.2 Å². The fourth-order valence-corrected chi connectivity index (χ4v) is 3.58. The Balaban J connectivity index is 1.98.